The molecule has 1 unspecified atom stereocenters. The molecule has 18 heavy (non-hydrogen) atoms. The number of anilines is 1. The monoisotopic (exact) mass is 267 g/mol. The maximum Gasteiger partial charge on any atom is 0.126 e. The molecule has 0 spiro atoms. The molecular weight excluding hydrogens is 242 g/mol. The lowest BCUT2D eigenvalue weighted by atomic mass is 10.1. The molecule has 1 heterocycles. The first kappa shape index (κ1) is 15.3. The number of nitrogens with one attached hydrogen (secondary N) is 1. The number of hydrogen-bond acceptors (Lipinski definition) is 4. The molecule has 1 rings (SSSR count). The Morgan fingerprint density at radius 2 is 2.22 bits per heavy atom. The molecule has 0 aromatic carbocycles. The van der Waals surface area contributed by atoms with Crippen molar-refractivity contribution in [2.75, 3.05) is 18.0 Å². The van der Waals surface area contributed by atoms with Crippen molar-refractivity contribution in [1.29, 1.82) is 0 Å². The summed E-state index contributed by atoms with van der Waals surface area (Å²) < 4.78 is 0. The molecule has 1 aromatic heterocycles. The van der Waals surface area contributed by atoms with Crippen LogP contribution in [-0.2, 0) is 6.42 Å². The molecule has 0 saturated heterocycles. The average Bonchev–Trinajstić information content (AvgIpc) is 2.35. The van der Waals surface area contributed by atoms with Crippen LogP contribution < -0.4 is 11.1 Å². The van der Waals surface area contributed by atoms with E-state index in [9.17, 15) is 0 Å². The summed E-state index contributed by atoms with van der Waals surface area (Å²) in [5.74, 6) is 1.78. The molecule has 1 atom stereocenters. The molecule has 0 fully saturated rings. The van der Waals surface area contributed by atoms with Crippen molar-refractivity contribution in [2.45, 2.75) is 44.9 Å². The minimum absolute atomic E-state index is 0.476. The molecule has 0 saturated carbocycles. The molecule has 3 nitrogen and oxygen atoms in total. The van der Waals surface area contributed by atoms with Crippen LogP contribution in [0.25, 0.3) is 0 Å². The maximum atomic E-state index is 5.91. The Morgan fingerprint density at radius 3 is 2.83 bits per heavy atom. The highest BCUT2D eigenvalue weighted by molar-refractivity contribution is 7.99. The van der Waals surface area contributed by atoms with Crippen LogP contribution >= 0.6 is 11.8 Å². The Labute approximate surface area is 115 Å². The maximum absolute atomic E-state index is 5.91. The number of hydrogen-bond donors (Lipinski definition) is 2. The quantitative estimate of drug-likeness (QED) is 0.760. The van der Waals surface area contributed by atoms with Gasteiger partial charge in [0.15, 0.2) is 0 Å². The van der Waals surface area contributed by atoms with Gasteiger partial charge >= 0.3 is 0 Å². The van der Waals surface area contributed by atoms with Gasteiger partial charge in [-0.1, -0.05) is 26.8 Å². The van der Waals surface area contributed by atoms with Crippen molar-refractivity contribution in [3.8, 4) is 0 Å². The summed E-state index contributed by atoms with van der Waals surface area (Å²) in [6.45, 7) is 7.72. The second-order valence-corrected chi connectivity index (χ2v) is 6.39. The number of aromatic nitrogens is 1. The van der Waals surface area contributed by atoms with Gasteiger partial charge in [-0.15, -0.1) is 0 Å². The first-order valence-corrected chi connectivity index (χ1v) is 7.72. The van der Waals surface area contributed by atoms with Crippen molar-refractivity contribution >= 4 is 17.6 Å². The van der Waals surface area contributed by atoms with Gasteiger partial charge in [-0.2, -0.15) is 11.8 Å². The van der Waals surface area contributed by atoms with Gasteiger partial charge in [-0.05, 0) is 36.3 Å². The van der Waals surface area contributed by atoms with E-state index < -0.39 is 0 Å². The molecule has 0 bridgehead atoms. The lowest BCUT2D eigenvalue weighted by Crippen LogP contribution is -2.34. The van der Waals surface area contributed by atoms with E-state index in [0.29, 0.717) is 17.1 Å². The Bertz CT molecular complexity index is 342. The zero-order chi connectivity index (χ0) is 13.4. The fourth-order valence-corrected chi connectivity index (χ4v) is 2.59. The van der Waals surface area contributed by atoms with Crippen LogP contribution in [0.15, 0.2) is 18.3 Å². The lowest BCUT2D eigenvalue weighted by molar-refractivity contribution is 0.550. The van der Waals surface area contributed by atoms with Crippen LogP contribution in [0.2, 0.25) is 0 Å². The van der Waals surface area contributed by atoms with Crippen molar-refractivity contribution < 1.29 is 0 Å². The van der Waals surface area contributed by atoms with Gasteiger partial charge in [-0.3, -0.25) is 0 Å². The first-order chi connectivity index (χ1) is 8.63. The zero-order valence-electron chi connectivity index (χ0n) is 11.6. The molecule has 1 aromatic rings. The number of nitrogens with two attached hydrogens (primary N) is 1. The summed E-state index contributed by atoms with van der Waals surface area (Å²) >= 11 is 1.99. The Kier molecular flexibility index (Phi) is 7.13. The minimum Gasteiger partial charge on any atom is -0.383 e. The summed E-state index contributed by atoms with van der Waals surface area (Å²) in [7, 11) is 0. The standard InChI is InChI=1S/C14H25N3S/c1-4-7-16-13(10-18-11(2)3)9-12-6-5-8-17-14(12)15/h5-6,8,11,13,16H,4,7,9-10H2,1-3H3,(H2,15,17). The van der Waals surface area contributed by atoms with Gasteiger partial charge in [0.2, 0.25) is 0 Å². The van der Waals surface area contributed by atoms with Crippen molar-refractivity contribution in [3.05, 3.63) is 23.9 Å². The third kappa shape index (κ3) is 5.74. The average molecular weight is 267 g/mol. The van der Waals surface area contributed by atoms with E-state index in [1.807, 2.05) is 17.8 Å². The van der Waals surface area contributed by atoms with Gasteiger partial charge in [0, 0.05) is 18.0 Å². The van der Waals surface area contributed by atoms with E-state index >= 15 is 0 Å². The second-order valence-electron chi connectivity index (χ2n) is 4.79. The zero-order valence-corrected chi connectivity index (χ0v) is 12.5. The van der Waals surface area contributed by atoms with Crippen molar-refractivity contribution in [1.82, 2.24) is 10.3 Å². The molecule has 0 amide bonds. The number of nitrogens with zero attached hydrogens (tertiary/aromatic N) is 1. The third-order valence-electron chi connectivity index (χ3n) is 2.71. The molecular formula is C14H25N3S. The van der Waals surface area contributed by atoms with Crippen LogP contribution in [-0.4, -0.2) is 28.6 Å². The Morgan fingerprint density at radius 1 is 1.44 bits per heavy atom. The number of nitrogen functional groups attached to an aromatic ring is 1. The Balaban J connectivity index is 2.56. The molecule has 3 N–H and O–H groups in total. The number of pyridine rings is 1. The summed E-state index contributed by atoms with van der Waals surface area (Å²) in [5.41, 5.74) is 7.06. The summed E-state index contributed by atoms with van der Waals surface area (Å²) in [6.07, 6.45) is 3.86. The number of thioether (sulfide) groups is 1. The Hall–Kier alpha value is -0.740. The SMILES string of the molecule is CCCNC(CSC(C)C)Cc1cccnc1N. The predicted molar refractivity (Wildman–Crippen MR) is 82.0 cm³/mol. The molecule has 0 aliphatic heterocycles. The second kappa shape index (κ2) is 8.38. The van der Waals surface area contributed by atoms with Gasteiger partial charge in [0.25, 0.3) is 0 Å². The normalized spacial score (nSPS) is 12.9. The molecule has 4 heteroatoms. The van der Waals surface area contributed by atoms with Crippen LogP contribution in [0.4, 0.5) is 5.82 Å². The van der Waals surface area contributed by atoms with E-state index in [1.54, 1.807) is 6.20 Å². The van der Waals surface area contributed by atoms with Crippen molar-refractivity contribution in [2.24, 2.45) is 0 Å². The van der Waals surface area contributed by atoms with Crippen LogP contribution in [0.5, 0.6) is 0 Å². The van der Waals surface area contributed by atoms with Gasteiger partial charge in [0.05, 0.1) is 0 Å². The van der Waals surface area contributed by atoms with Crippen LogP contribution in [0.3, 0.4) is 0 Å². The van der Waals surface area contributed by atoms with Crippen LogP contribution in [0, 0.1) is 0 Å². The first-order valence-electron chi connectivity index (χ1n) is 6.67. The molecule has 0 radical (unpaired) electrons. The fraction of sp³-hybridized carbons (Fsp3) is 0.643. The highest BCUT2D eigenvalue weighted by Crippen LogP contribution is 2.16. The van der Waals surface area contributed by atoms with Crippen molar-refractivity contribution in [3.63, 3.8) is 0 Å². The lowest BCUT2D eigenvalue weighted by Gasteiger charge is -2.20. The topological polar surface area (TPSA) is 50.9 Å². The van der Waals surface area contributed by atoms with E-state index in [2.05, 4.69) is 37.1 Å². The third-order valence-corrected chi connectivity index (χ3v) is 3.97. The summed E-state index contributed by atoms with van der Waals surface area (Å²) in [6, 6.07) is 4.50. The van der Waals surface area contributed by atoms with Crippen LogP contribution in [0.1, 0.15) is 32.8 Å². The molecule has 0 aliphatic carbocycles. The van der Waals surface area contributed by atoms with Gasteiger partial charge in [0.1, 0.15) is 5.82 Å². The summed E-state index contributed by atoms with van der Waals surface area (Å²) in [4.78, 5) is 4.15. The predicted octanol–water partition coefficient (Wildman–Crippen LogP) is 2.72. The molecule has 102 valence electrons. The van der Waals surface area contributed by atoms with Gasteiger partial charge < -0.3 is 11.1 Å². The van der Waals surface area contributed by atoms with E-state index in [1.165, 1.54) is 0 Å². The highest BCUT2D eigenvalue weighted by atomic mass is 32.2. The minimum atomic E-state index is 0.476. The fourth-order valence-electron chi connectivity index (χ4n) is 1.74. The van der Waals surface area contributed by atoms with E-state index in [-0.39, 0.29) is 0 Å². The smallest absolute Gasteiger partial charge is 0.126 e. The largest absolute Gasteiger partial charge is 0.383 e. The summed E-state index contributed by atoms with van der Waals surface area (Å²) in [5, 5.41) is 4.26. The molecule has 0 aliphatic rings. The van der Waals surface area contributed by atoms with Gasteiger partial charge in [-0.25, -0.2) is 4.98 Å². The van der Waals surface area contributed by atoms with E-state index in [0.717, 1.165) is 30.7 Å². The van der Waals surface area contributed by atoms with E-state index in [4.69, 9.17) is 5.73 Å². The highest BCUT2D eigenvalue weighted by Gasteiger charge is 2.12. The number of rotatable bonds is 8.